The van der Waals surface area contributed by atoms with Gasteiger partial charge in [0.25, 0.3) is 0 Å². The Morgan fingerprint density at radius 3 is 2.57 bits per heavy atom. The molecular weight excluding hydrogens is 617 g/mol. The van der Waals surface area contributed by atoms with E-state index in [2.05, 4.69) is 40.5 Å². The van der Waals surface area contributed by atoms with Gasteiger partial charge in [0, 0.05) is 43.6 Å². The Bertz CT molecular complexity index is 1620. The molecule has 0 aliphatic carbocycles. The minimum atomic E-state index is -0.246. The van der Waals surface area contributed by atoms with Gasteiger partial charge in [-0.05, 0) is 53.5 Å². The van der Waals surface area contributed by atoms with E-state index in [9.17, 15) is 4.79 Å². The second-order valence-electron chi connectivity index (χ2n) is 10.5. The summed E-state index contributed by atoms with van der Waals surface area (Å²) in [6, 6.07) is 18.3. The van der Waals surface area contributed by atoms with Crippen LogP contribution in [0.2, 0.25) is 10.0 Å². The maximum Gasteiger partial charge on any atom is 0.226 e. The van der Waals surface area contributed by atoms with E-state index in [-0.39, 0.29) is 24.3 Å². The average molecular weight is 651 g/mol. The molecule has 0 spiro atoms. The summed E-state index contributed by atoms with van der Waals surface area (Å²) in [5, 5.41) is 16.9. The minimum absolute atomic E-state index is 0.0882. The fourth-order valence-corrected chi connectivity index (χ4v) is 5.11. The van der Waals surface area contributed by atoms with Gasteiger partial charge in [-0.3, -0.25) is 4.79 Å². The zero-order valence-electron chi connectivity index (χ0n) is 24.6. The first-order valence-corrected chi connectivity index (χ1v) is 15.1. The first-order chi connectivity index (χ1) is 21.2. The number of thiocarbonyl (C=S) groups is 1. The highest BCUT2D eigenvalue weighted by molar-refractivity contribution is 7.80. The summed E-state index contributed by atoms with van der Waals surface area (Å²) in [5.74, 6) is 0.444. The van der Waals surface area contributed by atoms with Gasteiger partial charge < -0.3 is 24.8 Å². The average Bonchev–Trinajstić information content (AvgIpc) is 3.44. The number of rotatable bonds is 12. The number of nitriles is 1. The number of aromatic nitrogens is 3. The molecule has 228 valence electrons. The predicted octanol–water partition coefficient (Wildman–Crippen LogP) is 6.10. The number of amides is 1. The number of hydrogen-bond donors (Lipinski definition) is 2. The number of anilines is 1. The number of halogens is 2. The Labute approximate surface area is 272 Å². The van der Waals surface area contributed by atoms with Gasteiger partial charge >= 0.3 is 0 Å². The van der Waals surface area contributed by atoms with Crippen molar-refractivity contribution in [3.63, 3.8) is 0 Å². The van der Waals surface area contributed by atoms with Crippen LogP contribution in [-0.2, 0) is 24.3 Å². The predicted molar refractivity (Wildman–Crippen MR) is 177 cm³/mol. The zero-order valence-corrected chi connectivity index (χ0v) is 27.0. The highest BCUT2D eigenvalue weighted by Crippen LogP contribution is 2.27. The second kappa shape index (κ2) is 15.5. The van der Waals surface area contributed by atoms with Crippen molar-refractivity contribution >= 4 is 52.1 Å². The number of nitrogens with zero attached hydrogens (tertiary/aromatic N) is 5. The van der Waals surface area contributed by atoms with Gasteiger partial charge in [0.1, 0.15) is 0 Å². The van der Waals surface area contributed by atoms with Crippen molar-refractivity contribution in [3.8, 4) is 11.9 Å². The third-order valence-corrected chi connectivity index (χ3v) is 8.24. The molecule has 4 rings (SSSR count). The lowest BCUT2D eigenvalue weighted by atomic mass is 10.0. The molecule has 1 amide bonds. The quantitative estimate of drug-likeness (QED) is 0.177. The lowest BCUT2D eigenvalue weighted by molar-refractivity contribution is -0.121. The first kappa shape index (κ1) is 32.7. The Hall–Kier alpha value is -4.17. The summed E-state index contributed by atoms with van der Waals surface area (Å²) >= 11 is 18.7. The van der Waals surface area contributed by atoms with E-state index in [1.807, 2.05) is 39.8 Å². The molecule has 12 heteroatoms. The molecule has 2 aromatic carbocycles. The van der Waals surface area contributed by atoms with Gasteiger partial charge in [0.05, 0.1) is 53.4 Å². The fraction of sp³-hybridized carbons (Fsp3) is 0.281. The van der Waals surface area contributed by atoms with Crippen molar-refractivity contribution in [2.45, 2.75) is 39.4 Å². The number of imidazole rings is 1. The van der Waals surface area contributed by atoms with E-state index in [0.717, 1.165) is 16.8 Å². The summed E-state index contributed by atoms with van der Waals surface area (Å²) in [4.78, 5) is 23.8. The van der Waals surface area contributed by atoms with Crippen LogP contribution < -0.4 is 15.4 Å². The highest BCUT2D eigenvalue weighted by Gasteiger charge is 2.23. The molecule has 0 bridgehead atoms. The summed E-state index contributed by atoms with van der Waals surface area (Å²) in [5.41, 5.74) is 3.88. The Morgan fingerprint density at radius 2 is 1.91 bits per heavy atom. The van der Waals surface area contributed by atoms with Crippen molar-refractivity contribution < 1.29 is 9.53 Å². The van der Waals surface area contributed by atoms with Crippen LogP contribution in [0.5, 0.6) is 5.88 Å². The molecule has 2 N–H and O–H groups in total. The van der Waals surface area contributed by atoms with Crippen LogP contribution >= 0.6 is 35.4 Å². The molecule has 0 radical (unpaired) electrons. The van der Waals surface area contributed by atoms with Gasteiger partial charge in [-0.25, -0.2) is 9.97 Å². The maximum atomic E-state index is 13.4. The maximum absolute atomic E-state index is 13.4. The summed E-state index contributed by atoms with van der Waals surface area (Å²) < 4.78 is 7.09. The normalized spacial score (nSPS) is 11.5. The molecule has 0 aliphatic heterocycles. The molecule has 0 saturated heterocycles. The molecule has 9 nitrogen and oxygen atoms in total. The van der Waals surface area contributed by atoms with E-state index < -0.39 is 0 Å². The smallest absolute Gasteiger partial charge is 0.226 e. The van der Waals surface area contributed by atoms with Gasteiger partial charge in [-0.1, -0.05) is 61.3 Å². The Morgan fingerprint density at radius 1 is 1.14 bits per heavy atom. The zero-order chi connectivity index (χ0) is 31.6. The second-order valence-corrected chi connectivity index (χ2v) is 11.7. The van der Waals surface area contributed by atoms with Crippen LogP contribution in [0.15, 0.2) is 73.3 Å². The van der Waals surface area contributed by atoms with E-state index in [0.29, 0.717) is 51.9 Å². The first-order valence-electron chi connectivity index (χ1n) is 13.9. The molecule has 0 unspecified atom stereocenters. The van der Waals surface area contributed by atoms with Gasteiger partial charge in [-0.2, -0.15) is 5.26 Å². The standard InChI is InChI=1S/C32H33Cl2N7O2S/c1-21(2)28(39-29(42)13-26-16-36-20-41(26)17-23-9-7-22(14-35)8-10-23)19-40(18-24-5-4-6-27(33)31(24)34)32(44)38-25-11-12-30(43-3)37-15-25/h4-12,15-16,20-21,28H,13,17-19H2,1-3H3,(H,38,44)(H,39,42)/t28-/m1/s1. The molecule has 0 saturated carbocycles. The molecule has 2 aromatic heterocycles. The molecule has 0 aliphatic rings. The van der Waals surface area contributed by atoms with Crippen molar-refractivity contribution in [2.75, 3.05) is 19.0 Å². The molecule has 44 heavy (non-hydrogen) atoms. The SMILES string of the molecule is COc1ccc(NC(=S)N(Cc2cccc(Cl)c2Cl)C[C@@H](NC(=O)Cc2cncn2Cc2ccc(C#N)cc2)C(C)C)cn1. The van der Waals surface area contributed by atoms with Gasteiger partial charge in [-0.15, -0.1) is 0 Å². The summed E-state index contributed by atoms with van der Waals surface area (Å²) in [6.07, 6.45) is 5.19. The van der Waals surface area contributed by atoms with Crippen molar-refractivity contribution in [2.24, 2.45) is 5.92 Å². The number of pyridine rings is 1. The number of hydrogen-bond acceptors (Lipinski definition) is 6. The van der Waals surface area contributed by atoms with E-state index >= 15 is 0 Å². The van der Waals surface area contributed by atoms with Crippen LogP contribution in [0, 0.1) is 17.2 Å². The van der Waals surface area contributed by atoms with E-state index in [1.165, 1.54) is 0 Å². The molecule has 4 aromatic rings. The van der Waals surface area contributed by atoms with Crippen LogP contribution in [0.3, 0.4) is 0 Å². The molecule has 1 atom stereocenters. The van der Waals surface area contributed by atoms with Crippen LogP contribution in [0.4, 0.5) is 5.69 Å². The topological polar surface area (TPSA) is 108 Å². The molecule has 0 fully saturated rings. The molecule has 2 heterocycles. The monoisotopic (exact) mass is 649 g/mol. The number of carbonyl (C=O) groups excluding carboxylic acids is 1. The van der Waals surface area contributed by atoms with E-state index in [1.54, 1.807) is 50.1 Å². The number of benzene rings is 2. The van der Waals surface area contributed by atoms with Gasteiger partial charge in [0.15, 0.2) is 5.11 Å². The molecular formula is C32H33Cl2N7O2S. The van der Waals surface area contributed by atoms with E-state index in [4.69, 9.17) is 45.4 Å². The Balaban J connectivity index is 1.48. The van der Waals surface area contributed by atoms with Crippen LogP contribution in [0.1, 0.15) is 36.2 Å². The van der Waals surface area contributed by atoms with Crippen molar-refractivity contribution in [1.82, 2.24) is 24.8 Å². The highest BCUT2D eigenvalue weighted by atomic mass is 35.5. The van der Waals surface area contributed by atoms with Crippen molar-refractivity contribution in [3.05, 3.63) is 106 Å². The van der Waals surface area contributed by atoms with Crippen LogP contribution in [-0.4, -0.2) is 50.2 Å². The lowest BCUT2D eigenvalue weighted by Gasteiger charge is -2.32. The largest absolute Gasteiger partial charge is 0.481 e. The number of carbonyl (C=O) groups is 1. The summed E-state index contributed by atoms with van der Waals surface area (Å²) in [6.45, 7) is 5.41. The third kappa shape index (κ3) is 8.92. The number of ether oxygens (including phenoxy) is 1. The fourth-order valence-electron chi connectivity index (χ4n) is 4.47. The number of methoxy groups -OCH3 is 1. The van der Waals surface area contributed by atoms with Crippen molar-refractivity contribution in [1.29, 1.82) is 5.26 Å². The number of nitrogens with one attached hydrogen (secondary N) is 2. The summed E-state index contributed by atoms with van der Waals surface area (Å²) in [7, 11) is 1.56. The van der Waals surface area contributed by atoms with Gasteiger partial charge in [0.2, 0.25) is 11.8 Å². The Kier molecular flexibility index (Phi) is 11.6. The lowest BCUT2D eigenvalue weighted by Crippen LogP contribution is -2.49. The minimum Gasteiger partial charge on any atom is -0.481 e. The van der Waals surface area contributed by atoms with Crippen LogP contribution in [0.25, 0.3) is 0 Å². The third-order valence-electron chi connectivity index (χ3n) is 7.02.